The molecular formula is C31H30N4O6S. The molecule has 0 unspecified atom stereocenters. The highest BCUT2D eigenvalue weighted by Crippen LogP contribution is 2.18. The molecule has 0 heterocycles. The number of hydrazone groups is 1. The van der Waals surface area contributed by atoms with Crippen LogP contribution >= 0.6 is 0 Å². The molecule has 4 aromatic carbocycles. The number of hydrogen-bond acceptors (Lipinski definition) is 7. The quantitative estimate of drug-likeness (QED) is 0.180. The maximum absolute atomic E-state index is 13.3. The average molecular weight is 587 g/mol. The van der Waals surface area contributed by atoms with Gasteiger partial charge in [-0.2, -0.15) is 9.41 Å². The van der Waals surface area contributed by atoms with Gasteiger partial charge in [0.05, 0.1) is 24.8 Å². The zero-order valence-corrected chi connectivity index (χ0v) is 23.7. The van der Waals surface area contributed by atoms with E-state index in [1.54, 1.807) is 98.1 Å². The number of carbonyl (C=O) groups excluding carboxylic acids is 2. The number of carbonyl (C=O) groups is 2. The Morgan fingerprint density at radius 1 is 0.810 bits per heavy atom. The Labute approximate surface area is 244 Å². The molecule has 0 saturated heterocycles. The van der Waals surface area contributed by atoms with Crippen molar-refractivity contribution >= 4 is 33.7 Å². The van der Waals surface area contributed by atoms with Crippen LogP contribution in [-0.4, -0.2) is 51.0 Å². The predicted molar refractivity (Wildman–Crippen MR) is 160 cm³/mol. The van der Waals surface area contributed by atoms with E-state index in [0.717, 1.165) is 9.87 Å². The summed E-state index contributed by atoms with van der Waals surface area (Å²) in [4.78, 5) is 24.9. The second-order valence-corrected chi connectivity index (χ2v) is 10.9. The molecule has 42 heavy (non-hydrogen) atoms. The molecule has 0 aliphatic rings. The molecule has 216 valence electrons. The Morgan fingerprint density at radius 2 is 1.43 bits per heavy atom. The molecule has 0 aliphatic heterocycles. The predicted octanol–water partition coefficient (Wildman–Crippen LogP) is 4.05. The van der Waals surface area contributed by atoms with Gasteiger partial charge in [-0.25, -0.2) is 13.8 Å². The first-order valence-electron chi connectivity index (χ1n) is 12.9. The van der Waals surface area contributed by atoms with Gasteiger partial charge in [-0.15, -0.1) is 0 Å². The van der Waals surface area contributed by atoms with Gasteiger partial charge in [-0.3, -0.25) is 9.59 Å². The largest absolute Gasteiger partial charge is 0.497 e. The maximum Gasteiger partial charge on any atom is 0.262 e. The number of ether oxygens (including phenoxy) is 2. The molecule has 0 atom stereocenters. The number of anilines is 1. The number of methoxy groups -OCH3 is 1. The molecule has 0 radical (unpaired) electrons. The Morgan fingerprint density at radius 3 is 2.07 bits per heavy atom. The second-order valence-electron chi connectivity index (χ2n) is 9.00. The standard InChI is InChI=1S/C31H30N4O6S/c1-40-27-18-14-26(15-19-27)33-31(37)23-41-28-16-12-24(13-17-28)20-32-34-30(36)22-35(21-25-8-4-2-5-9-25)42(38,39)29-10-6-3-7-11-29/h2-20H,21-23H2,1H3,(H,33,37)(H,34,36)/b32-20-. The summed E-state index contributed by atoms with van der Waals surface area (Å²) >= 11 is 0. The van der Waals surface area contributed by atoms with Crippen molar-refractivity contribution in [2.75, 3.05) is 25.6 Å². The lowest BCUT2D eigenvalue weighted by Crippen LogP contribution is -2.39. The van der Waals surface area contributed by atoms with E-state index in [9.17, 15) is 18.0 Å². The third kappa shape index (κ3) is 8.75. The second kappa shape index (κ2) is 14.6. The number of rotatable bonds is 13. The summed E-state index contributed by atoms with van der Waals surface area (Å²) in [5, 5.41) is 6.70. The molecule has 0 fully saturated rings. The van der Waals surface area contributed by atoms with E-state index in [-0.39, 0.29) is 24.0 Å². The highest BCUT2D eigenvalue weighted by atomic mass is 32.2. The molecule has 2 N–H and O–H groups in total. The van der Waals surface area contributed by atoms with Gasteiger partial charge in [0.25, 0.3) is 11.8 Å². The van der Waals surface area contributed by atoms with Crippen molar-refractivity contribution < 1.29 is 27.5 Å². The smallest absolute Gasteiger partial charge is 0.262 e. The molecule has 0 spiro atoms. The zero-order chi connectivity index (χ0) is 29.8. The van der Waals surface area contributed by atoms with Crippen molar-refractivity contribution in [2.24, 2.45) is 5.10 Å². The molecule has 0 aliphatic carbocycles. The Bertz CT molecular complexity index is 1600. The van der Waals surface area contributed by atoms with Crippen LogP contribution < -0.4 is 20.2 Å². The molecule has 4 rings (SSSR count). The zero-order valence-electron chi connectivity index (χ0n) is 22.8. The van der Waals surface area contributed by atoms with Crippen molar-refractivity contribution in [3.05, 3.63) is 120 Å². The number of benzene rings is 4. The molecule has 2 amide bonds. The van der Waals surface area contributed by atoms with E-state index in [2.05, 4.69) is 15.8 Å². The van der Waals surface area contributed by atoms with Crippen LogP contribution in [0.1, 0.15) is 11.1 Å². The monoisotopic (exact) mass is 586 g/mol. The summed E-state index contributed by atoms with van der Waals surface area (Å²) in [6, 6.07) is 30.7. The first-order valence-corrected chi connectivity index (χ1v) is 14.4. The van der Waals surface area contributed by atoms with E-state index in [1.165, 1.54) is 18.3 Å². The third-order valence-corrected chi connectivity index (χ3v) is 7.74. The fourth-order valence-corrected chi connectivity index (χ4v) is 5.20. The lowest BCUT2D eigenvalue weighted by molar-refractivity contribution is -0.121. The molecule has 10 nitrogen and oxygen atoms in total. The van der Waals surface area contributed by atoms with Gasteiger partial charge in [0.2, 0.25) is 10.0 Å². The van der Waals surface area contributed by atoms with Crippen LogP contribution in [0.15, 0.2) is 119 Å². The molecule has 0 bridgehead atoms. The van der Waals surface area contributed by atoms with Gasteiger partial charge >= 0.3 is 0 Å². The normalized spacial score (nSPS) is 11.3. The fourth-order valence-electron chi connectivity index (χ4n) is 3.80. The first kappa shape index (κ1) is 30.0. The summed E-state index contributed by atoms with van der Waals surface area (Å²) in [5.41, 5.74) is 4.41. The van der Waals surface area contributed by atoms with Crippen LogP contribution in [-0.2, 0) is 26.2 Å². The van der Waals surface area contributed by atoms with E-state index >= 15 is 0 Å². The van der Waals surface area contributed by atoms with Gasteiger partial charge < -0.3 is 14.8 Å². The number of amides is 2. The van der Waals surface area contributed by atoms with Gasteiger partial charge in [0.1, 0.15) is 11.5 Å². The van der Waals surface area contributed by atoms with Crippen LogP contribution in [0.3, 0.4) is 0 Å². The molecule has 0 saturated carbocycles. The van der Waals surface area contributed by atoms with Crippen LogP contribution in [0.4, 0.5) is 5.69 Å². The van der Waals surface area contributed by atoms with Gasteiger partial charge in [0.15, 0.2) is 6.61 Å². The Hall–Kier alpha value is -5.00. The van der Waals surface area contributed by atoms with Crippen LogP contribution in [0.25, 0.3) is 0 Å². The van der Waals surface area contributed by atoms with Crippen molar-refractivity contribution in [2.45, 2.75) is 11.4 Å². The Kier molecular flexibility index (Phi) is 10.4. The van der Waals surface area contributed by atoms with Crippen molar-refractivity contribution in [3.63, 3.8) is 0 Å². The van der Waals surface area contributed by atoms with Crippen molar-refractivity contribution in [1.29, 1.82) is 0 Å². The minimum atomic E-state index is -3.94. The number of sulfonamides is 1. The third-order valence-electron chi connectivity index (χ3n) is 5.93. The maximum atomic E-state index is 13.3. The number of hydrogen-bond donors (Lipinski definition) is 2. The molecule has 4 aromatic rings. The summed E-state index contributed by atoms with van der Waals surface area (Å²) in [6.45, 7) is -0.579. The molecule has 11 heteroatoms. The van der Waals surface area contributed by atoms with E-state index in [1.807, 2.05) is 6.07 Å². The van der Waals surface area contributed by atoms with Gasteiger partial charge in [-0.05, 0) is 71.8 Å². The highest BCUT2D eigenvalue weighted by molar-refractivity contribution is 7.89. The highest BCUT2D eigenvalue weighted by Gasteiger charge is 2.26. The fraction of sp³-hybridized carbons (Fsp3) is 0.129. The van der Waals surface area contributed by atoms with Crippen molar-refractivity contribution in [3.8, 4) is 11.5 Å². The van der Waals surface area contributed by atoms with Gasteiger partial charge in [-0.1, -0.05) is 48.5 Å². The lowest BCUT2D eigenvalue weighted by Gasteiger charge is -2.21. The minimum Gasteiger partial charge on any atom is -0.497 e. The summed E-state index contributed by atoms with van der Waals surface area (Å²) in [6.07, 6.45) is 1.42. The van der Waals surface area contributed by atoms with Crippen LogP contribution in [0.5, 0.6) is 11.5 Å². The van der Waals surface area contributed by atoms with E-state index < -0.39 is 22.5 Å². The lowest BCUT2D eigenvalue weighted by atomic mass is 10.2. The van der Waals surface area contributed by atoms with Crippen LogP contribution in [0.2, 0.25) is 0 Å². The minimum absolute atomic E-state index is 0.0226. The SMILES string of the molecule is COc1ccc(NC(=O)COc2ccc(/C=N\NC(=O)CN(Cc3ccccc3)S(=O)(=O)c3ccccc3)cc2)cc1. The first-order chi connectivity index (χ1) is 20.3. The Balaban J connectivity index is 1.30. The summed E-state index contributed by atoms with van der Waals surface area (Å²) in [7, 11) is -2.37. The van der Waals surface area contributed by atoms with E-state index in [0.29, 0.717) is 22.7 Å². The van der Waals surface area contributed by atoms with Gasteiger partial charge in [0, 0.05) is 12.2 Å². The molecular weight excluding hydrogens is 556 g/mol. The summed E-state index contributed by atoms with van der Waals surface area (Å²) in [5.74, 6) is 0.255. The van der Waals surface area contributed by atoms with E-state index in [4.69, 9.17) is 9.47 Å². The average Bonchev–Trinajstić information content (AvgIpc) is 3.01. The van der Waals surface area contributed by atoms with Crippen molar-refractivity contribution in [1.82, 2.24) is 9.73 Å². The molecule has 0 aromatic heterocycles. The number of nitrogens with zero attached hydrogens (tertiary/aromatic N) is 2. The number of nitrogens with one attached hydrogen (secondary N) is 2. The topological polar surface area (TPSA) is 126 Å². The summed E-state index contributed by atoms with van der Waals surface area (Å²) < 4.78 is 38.3. The van der Waals surface area contributed by atoms with Crippen LogP contribution in [0, 0.1) is 0 Å².